The summed E-state index contributed by atoms with van der Waals surface area (Å²) in [6, 6.07) is 6.76. The van der Waals surface area contributed by atoms with Crippen molar-refractivity contribution in [2.24, 2.45) is 5.41 Å². The molecule has 1 saturated heterocycles. The van der Waals surface area contributed by atoms with E-state index in [-0.39, 0.29) is 11.7 Å². The largest absolute Gasteiger partial charge is 0.348 e. The van der Waals surface area contributed by atoms with Gasteiger partial charge in [-0.05, 0) is 11.6 Å². The number of benzene rings is 2. The van der Waals surface area contributed by atoms with Gasteiger partial charge in [-0.1, -0.05) is 44.2 Å². The number of carbonyl (C=O) groups excluding carboxylic acids is 1. The van der Waals surface area contributed by atoms with Crippen LogP contribution in [0.25, 0.3) is 12.2 Å². The fourth-order valence-electron chi connectivity index (χ4n) is 2.74. The van der Waals surface area contributed by atoms with Crippen molar-refractivity contribution in [3.63, 3.8) is 0 Å². The molecule has 2 aromatic rings. The maximum absolute atomic E-state index is 13.9. The molecule has 28 heavy (non-hydrogen) atoms. The lowest BCUT2D eigenvalue weighted by Crippen LogP contribution is -2.33. The minimum Gasteiger partial charge on any atom is -0.348 e. The summed E-state index contributed by atoms with van der Waals surface area (Å²) < 4.78 is 66.6. The van der Waals surface area contributed by atoms with Crippen molar-refractivity contribution in [1.82, 2.24) is 0 Å². The van der Waals surface area contributed by atoms with Gasteiger partial charge in [0.15, 0.2) is 35.8 Å². The van der Waals surface area contributed by atoms with Gasteiger partial charge in [-0.3, -0.25) is 4.79 Å². The summed E-state index contributed by atoms with van der Waals surface area (Å²) in [5.74, 6) is -6.70. The standard InChI is InChI=1S/C21H18F4O3/c1-21(2)10-27-20(28-11-21)13-6-3-12(4-7-13)5-8-14-16(22)18(24)15(9-26)19(25)17(14)23/h3-9,20H,10-11H2,1-2H3/b8-5+. The van der Waals surface area contributed by atoms with E-state index in [1.54, 1.807) is 24.3 Å². The molecule has 1 aliphatic heterocycles. The summed E-state index contributed by atoms with van der Waals surface area (Å²) in [4.78, 5) is 10.6. The molecule has 0 bridgehead atoms. The second-order valence-electron chi connectivity index (χ2n) is 7.32. The molecule has 3 nitrogen and oxygen atoms in total. The Bertz CT molecular complexity index is 881. The highest BCUT2D eigenvalue weighted by Crippen LogP contribution is 2.31. The van der Waals surface area contributed by atoms with Crippen molar-refractivity contribution < 1.29 is 31.8 Å². The van der Waals surface area contributed by atoms with E-state index in [0.717, 1.165) is 11.6 Å². The average molecular weight is 394 g/mol. The molecule has 1 fully saturated rings. The van der Waals surface area contributed by atoms with Gasteiger partial charge in [0.1, 0.15) is 0 Å². The van der Waals surface area contributed by atoms with Gasteiger partial charge in [0.2, 0.25) is 0 Å². The van der Waals surface area contributed by atoms with Crippen LogP contribution in [0.3, 0.4) is 0 Å². The normalized spacial score (nSPS) is 17.2. The molecule has 0 radical (unpaired) electrons. The first-order chi connectivity index (χ1) is 13.2. The number of aldehydes is 1. The number of rotatable bonds is 4. The van der Waals surface area contributed by atoms with Crippen LogP contribution in [0, 0.1) is 28.7 Å². The van der Waals surface area contributed by atoms with Crippen LogP contribution in [0.4, 0.5) is 17.6 Å². The van der Waals surface area contributed by atoms with Crippen molar-refractivity contribution in [2.45, 2.75) is 20.1 Å². The van der Waals surface area contributed by atoms with Crippen LogP contribution in [0.2, 0.25) is 0 Å². The van der Waals surface area contributed by atoms with Gasteiger partial charge in [0.25, 0.3) is 0 Å². The zero-order valence-electron chi connectivity index (χ0n) is 15.3. The minimum atomic E-state index is -1.72. The molecular formula is C21H18F4O3. The predicted molar refractivity (Wildman–Crippen MR) is 95.5 cm³/mol. The van der Waals surface area contributed by atoms with E-state index in [0.29, 0.717) is 18.8 Å². The van der Waals surface area contributed by atoms with Crippen LogP contribution in [0.5, 0.6) is 0 Å². The molecule has 0 aliphatic carbocycles. The van der Waals surface area contributed by atoms with E-state index in [9.17, 15) is 22.4 Å². The zero-order valence-corrected chi connectivity index (χ0v) is 15.3. The fourth-order valence-corrected chi connectivity index (χ4v) is 2.74. The zero-order chi connectivity index (χ0) is 20.5. The Morgan fingerprint density at radius 3 is 1.86 bits per heavy atom. The maximum Gasteiger partial charge on any atom is 0.183 e. The molecular weight excluding hydrogens is 376 g/mol. The third-order valence-corrected chi connectivity index (χ3v) is 4.35. The number of hydrogen-bond acceptors (Lipinski definition) is 3. The Morgan fingerprint density at radius 2 is 1.36 bits per heavy atom. The highest BCUT2D eigenvalue weighted by molar-refractivity contribution is 5.78. The van der Waals surface area contributed by atoms with Gasteiger partial charge in [-0.15, -0.1) is 0 Å². The third kappa shape index (κ3) is 4.00. The molecule has 7 heteroatoms. The Kier molecular flexibility index (Phi) is 5.67. The first kappa shape index (κ1) is 20.2. The van der Waals surface area contributed by atoms with Gasteiger partial charge >= 0.3 is 0 Å². The monoisotopic (exact) mass is 394 g/mol. The molecule has 0 N–H and O–H groups in total. The van der Waals surface area contributed by atoms with E-state index in [1.807, 2.05) is 13.8 Å². The Morgan fingerprint density at radius 1 is 0.857 bits per heavy atom. The van der Waals surface area contributed by atoms with Crippen molar-refractivity contribution in [3.05, 3.63) is 69.8 Å². The number of hydrogen-bond donors (Lipinski definition) is 0. The first-order valence-electron chi connectivity index (χ1n) is 8.56. The lowest BCUT2D eigenvalue weighted by molar-refractivity contribution is -0.226. The van der Waals surface area contributed by atoms with E-state index >= 15 is 0 Å². The second-order valence-corrected chi connectivity index (χ2v) is 7.32. The molecule has 148 valence electrons. The summed E-state index contributed by atoms with van der Waals surface area (Å²) in [6.45, 7) is 5.16. The highest BCUT2D eigenvalue weighted by atomic mass is 19.2. The molecule has 0 spiro atoms. The van der Waals surface area contributed by atoms with Crippen LogP contribution >= 0.6 is 0 Å². The predicted octanol–water partition coefficient (Wildman–Crippen LogP) is 5.30. The summed E-state index contributed by atoms with van der Waals surface area (Å²) in [6.07, 6.45) is 1.45. The molecule has 1 heterocycles. The quantitative estimate of drug-likeness (QED) is 0.306. The smallest absolute Gasteiger partial charge is 0.183 e. The SMILES string of the molecule is CC1(C)COC(c2ccc(/C=C/c3c(F)c(F)c(C=O)c(F)c3F)cc2)OC1. The molecule has 1 aliphatic rings. The van der Waals surface area contributed by atoms with Crippen molar-refractivity contribution in [3.8, 4) is 0 Å². The number of halogens is 4. The average Bonchev–Trinajstić information content (AvgIpc) is 2.67. The maximum atomic E-state index is 13.9. The Hall–Kier alpha value is -2.51. The van der Waals surface area contributed by atoms with Crippen LogP contribution in [0.1, 0.15) is 47.2 Å². The van der Waals surface area contributed by atoms with Crippen LogP contribution in [-0.2, 0) is 9.47 Å². The van der Waals surface area contributed by atoms with E-state index in [1.165, 1.54) is 6.08 Å². The van der Waals surface area contributed by atoms with Crippen molar-refractivity contribution in [2.75, 3.05) is 13.2 Å². The lowest BCUT2D eigenvalue weighted by Gasteiger charge is -2.34. The first-order valence-corrected chi connectivity index (χ1v) is 8.56. The summed E-state index contributed by atoms with van der Waals surface area (Å²) >= 11 is 0. The molecule has 2 aromatic carbocycles. The van der Waals surface area contributed by atoms with E-state index in [2.05, 4.69) is 0 Å². The molecule has 0 amide bonds. The molecule has 0 unspecified atom stereocenters. The van der Waals surface area contributed by atoms with Gasteiger partial charge < -0.3 is 9.47 Å². The van der Waals surface area contributed by atoms with Crippen molar-refractivity contribution >= 4 is 18.4 Å². The Labute approximate surface area is 159 Å². The third-order valence-electron chi connectivity index (χ3n) is 4.35. The molecule has 0 saturated carbocycles. The molecule has 0 atom stereocenters. The van der Waals surface area contributed by atoms with Gasteiger partial charge in [0.05, 0.1) is 24.3 Å². The van der Waals surface area contributed by atoms with E-state index < -0.39 is 40.7 Å². The second kappa shape index (κ2) is 7.85. The molecule has 3 rings (SSSR count). The number of ether oxygens (including phenoxy) is 2. The van der Waals surface area contributed by atoms with Crippen LogP contribution in [-0.4, -0.2) is 19.5 Å². The van der Waals surface area contributed by atoms with Gasteiger partial charge in [0, 0.05) is 11.0 Å². The summed E-state index contributed by atoms with van der Waals surface area (Å²) in [7, 11) is 0. The molecule has 0 aromatic heterocycles. The van der Waals surface area contributed by atoms with Crippen LogP contribution < -0.4 is 0 Å². The highest BCUT2D eigenvalue weighted by Gasteiger charge is 2.29. The fraction of sp³-hybridized carbons (Fsp3) is 0.286. The topological polar surface area (TPSA) is 35.5 Å². The lowest BCUT2D eigenvalue weighted by atomic mass is 9.95. The Balaban J connectivity index is 1.80. The van der Waals surface area contributed by atoms with Gasteiger partial charge in [-0.2, -0.15) is 0 Å². The summed E-state index contributed by atoms with van der Waals surface area (Å²) in [5, 5.41) is 0. The van der Waals surface area contributed by atoms with E-state index in [4.69, 9.17) is 9.47 Å². The van der Waals surface area contributed by atoms with Crippen LogP contribution in [0.15, 0.2) is 24.3 Å². The minimum absolute atomic E-state index is 0.0583. The summed E-state index contributed by atoms with van der Waals surface area (Å²) in [5.41, 5.74) is -0.911. The number of carbonyl (C=O) groups is 1. The van der Waals surface area contributed by atoms with Crippen molar-refractivity contribution in [1.29, 1.82) is 0 Å². The van der Waals surface area contributed by atoms with Gasteiger partial charge in [-0.25, -0.2) is 17.6 Å².